The number of benzene rings is 2. The van der Waals surface area contributed by atoms with E-state index in [-0.39, 0.29) is 24.4 Å². The van der Waals surface area contributed by atoms with Crippen molar-refractivity contribution in [1.29, 1.82) is 0 Å². The second kappa shape index (κ2) is 15.9. The number of carbonyl (C=O) groups excluding carboxylic acids is 1. The number of aromatic nitrogens is 1. The van der Waals surface area contributed by atoms with Gasteiger partial charge in [-0.05, 0) is 47.9 Å². The average Bonchev–Trinajstić information content (AvgIpc) is 3.44. The topological polar surface area (TPSA) is 83.6 Å². The van der Waals surface area contributed by atoms with E-state index in [0.717, 1.165) is 80.3 Å². The summed E-state index contributed by atoms with van der Waals surface area (Å²) in [6.07, 6.45) is 11.8. The van der Waals surface area contributed by atoms with Crippen LogP contribution in [0.3, 0.4) is 0 Å². The highest BCUT2D eigenvalue weighted by atomic mass is 35.5. The summed E-state index contributed by atoms with van der Waals surface area (Å²) in [5.74, 6) is -0.177. The largest absolute Gasteiger partial charge is 0.465 e. The van der Waals surface area contributed by atoms with Crippen molar-refractivity contribution in [2.75, 3.05) is 13.2 Å². The highest BCUT2D eigenvalue weighted by molar-refractivity contribution is 6.30. The number of unbranched alkanes of at least 4 members (excludes halogenated alkanes) is 9. The van der Waals surface area contributed by atoms with E-state index >= 15 is 0 Å². The van der Waals surface area contributed by atoms with Gasteiger partial charge in [-0.1, -0.05) is 119 Å². The third kappa shape index (κ3) is 9.59. The minimum atomic E-state index is -0.727. The Labute approximate surface area is 260 Å². The Kier molecular flexibility index (Phi) is 12.1. The van der Waals surface area contributed by atoms with Gasteiger partial charge in [0.2, 0.25) is 0 Å². The maximum absolute atomic E-state index is 13.2. The SMILES string of the molecule is CC1(C)Cc2c(-c3ccccc3)c(-c3ccc(Cl)cc3)c(CC(=O)OCCCCCCCCCCCCO[N+](=O)[O-])n2C1. The number of hydrogen-bond acceptors (Lipinski definition) is 5. The second-order valence-electron chi connectivity index (χ2n) is 12.4. The summed E-state index contributed by atoms with van der Waals surface area (Å²) in [6, 6.07) is 18.4. The molecule has 1 aliphatic rings. The lowest BCUT2D eigenvalue weighted by Crippen LogP contribution is -2.17. The molecule has 232 valence electrons. The molecule has 0 aliphatic carbocycles. The molecule has 0 N–H and O–H groups in total. The molecule has 4 rings (SSSR count). The number of fused-ring (bicyclic) bond motifs is 1. The Morgan fingerprint density at radius 2 is 1.40 bits per heavy atom. The maximum Gasteiger partial charge on any atom is 0.311 e. The van der Waals surface area contributed by atoms with Gasteiger partial charge in [-0.2, -0.15) is 0 Å². The highest BCUT2D eigenvalue weighted by Crippen LogP contribution is 2.47. The summed E-state index contributed by atoms with van der Waals surface area (Å²) >= 11 is 6.25. The van der Waals surface area contributed by atoms with Crippen LogP contribution >= 0.6 is 11.6 Å². The second-order valence-corrected chi connectivity index (χ2v) is 12.9. The fourth-order valence-electron chi connectivity index (χ4n) is 6.19. The minimum absolute atomic E-state index is 0.115. The van der Waals surface area contributed by atoms with Crippen LogP contribution in [0.4, 0.5) is 0 Å². The van der Waals surface area contributed by atoms with Crippen LogP contribution < -0.4 is 0 Å². The Hall–Kier alpha value is -3.32. The highest BCUT2D eigenvalue weighted by Gasteiger charge is 2.36. The van der Waals surface area contributed by atoms with Crippen LogP contribution in [-0.2, 0) is 33.8 Å². The van der Waals surface area contributed by atoms with Crippen LogP contribution in [0, 0.1) is 15.5 Å². The lowest BCUT2D eigenvalue weighted by molar-refractivity contribution is -0.757. The van der Waals surface area contributed by atoms with Gasteiger partial charge >= 0.3 is 5.97 Å². The number of carbonyl (C=O) groups is 1. The van der Waals surface area contributed by atoms with Crippen molar-refractivity contribution in [2.45, 2.75) is 97.4 Å². The number of ether oxygens (including phenoxy) is 1. The number of halogens is 1. The predicted molar refractivity (Wildman–Crippen MR) is 172 cm³/mol. The van der Waals surface area contributed by atoms with E-state index in [0.29, 0.717) is 11.6 Å². The first kappa shape index (κ1) is 32.6. The van der Waals surface area contributed by atoms with Crippen LogP contribution in [0.5, 0.6) is 0 Å². The molecular weight excluding hydrogens is 564 g/mol. The van der Waals surface area contributed by atoms with E-state index < -0.39 is 5.09 Å². The van der Waals surface area contributed by atoms with Gasteiger partial charge in [-0.3, -0.25) is 4.79 Å². The van der Waals surface area contributed by atoms with Gasteiger partial charge in [-0.15, -0.1) is 10.1 Å². The van der Waals surface area contributed by atoms with Gasteiger partial charge in [0, 0.05) is 34.1 Å². The summed E-state index contributed by atoms with van der Waals surface area (Å²) in [4.78, 5) is 27.7. The molecule has 1 aromatic heterocycles. The molecule has 8 heteroatoms. The van der Waals surface area contributed by atoms with Crippen molar-refractivity contribution < 1.29 is 19.5 Å². The van der Waals surface area contributed by atoms with Gasteiger partial charge in [0.05, 0.1) is 19.6 Å². The van der Waals surface area contributed by atoms with Crippen molar-refractivity contribution in [3.63, 3.8) is 0 Å². The van der Waals surface area contributed by atoms with Crippen LogP contribution in [0.15, 0.2) is 54.6 Å². The molecule has 43 heavy (non-hydrogen) atoms. The van der Waals surface area contributed by atoms with Crippen molar-refractivity contribution in [1.82, 2.24) is 4.57 Å². The Morgan fingerprint density at radius 3 is 2.00 bits per heavy atom. The third-order valence-electron chi connectivity index (χ3n) is 8.22. The summed E-state index contributed by atoms with van der Waals surface area (Å²) in [5.41, 5.74) is 6.97. The third-order valence-corrected chi connectivity index (χ3v) is 8.47. The van der Waals surface area contributed by atoms with Gasteiger partial charge < -0.3 is 14.1 Å². The van der Waals surface area contributed by atoms with Gasteiger partial charge in [0.25, 0.3) is 5.09 Å². The molecule has 2 aromatic carbocycles. The molecule has 0 fully saturated rings. The molecule has 7 nitrogen and oxygen atoms in total. The maximum atomic E-state index is 13.2. The zero-order chi connectivity index (χ0) is 30.7. The zero-order valence-electron chi connectivity index (χ0n) is 25.6. The number of rotatable bonds is 18. The predicted octanol–water partition coefficient (Wildman–Crippen LogP) is 9.25. The number of nitrogens with zero attached hydrogens (tertiary/aromatic N) is 2. The van der Waals surface area contributed by atoms with E-state index in [4.69, 9.17) is 16.3 Å². The summed E-state index contributed by atoms with van der Waals surface area (Å²) in [5, 5.41) is 10.1. The molecule has 1 aliphatic heterocycles. The molecule has 0 unspecified atom stereocenters. The van der Waals surface area contributed by atoms with Crippen molar-refractivity contribution in [2.24, 2.45) is 5.41 Å². The first-order valence-corrected chi connectivity index (χ1v) is 16.1. The summed E-state index contributed by atoms with van der Waals surface area (Å²) in [6.45, 7) is 6.09. The van der Waals surface area contributed by atoms with Gasteiger partial charge in [0.1, 0.15) is 0 Å². The summed E-state index contributed by atoms with van der Waals surface area (Å²) in [7, 11) is 0. The first-order valence-electron chi connectivity index (χ1n) is 15.7. The molecule has 0 radical (unpaired) electrons. The monoisotopic (exact) mass is 608 g/mol. The first-order chi connectivity index (χ1) is 20.7. The van der Waals surface area contributed by atoms with Crippen LogP contribution in [0.25, 0.3) is 22.3 Å². The number of esters is 1. The van der Waals surface area contributed by atoms with Gasteiger partial charge in [0.15, 0.2) is 0 Å². The van der Waals surface area contributed by atoms with E-state index in [1.807, 2.05) is 18.2 Å². The fraction of sp³-hybridized carbons (Fsp3) is 0.514. The average molecular weight is 609 g/mol. The van der Waals surface area contributed by atoms with E-state index in [1.54, 1.807) is 0 Å². The lowest BCUT2D eigenvalue weighted by Gasteiger charge is -2.19. The molecule has 2 heterocycles. The van der Waals surface area contributed by atoms with Crippen LogP contribution in [-0.4, -0.2) is 28.8 Å². The van der Waals surface area contributed by atoms with Gasteiger partial charge in [-0.25, -0.2) is 0 Å². The molecule has 0 spiro atoms. The molecule has 3 aromatic rings. The molecule has 0 atom stereocenters. The fourth-order valence-corrected chi connectivity index (χ4v) is 6.32. The molecular formula is C35H45ClN2O5. The standard InChI is InChI=1S/C35H45ClN2O5/c1-35(2)25-31-34(27-16-12-11-13-17-27)33(28-18-20-29(36)21-19-28)30(37(31)26-35)24-32(39)42-22-14-9-7-5-3-4-6-8-10-15-23-43-38(40)41/h11-13,16-21H,3-10,14-15,22-26H2,1-2H3. The minimum Gasteiger partial charge on any atom is -0.465 e. The zero-order valence-corrected chi connectivity index (χ0v) is 26.4. The number of hydrogen-bond donors (Lipinski definition) is 0. The van der Waals surface area contributed by atoms with Crippen LogP contribution in [0.1, 0.15) is 89.4 Å². The normalized spacial score (nSPS) is 13.6. The molecule has 0 saturated carbocycles. The van der Waals surface area contributed by atoms with E-state index in [1.165, 1.54) is 30.5 Å². The van der Waals surface area contributed by atoms with Crippen LogP contribution in [0.2, 0.25) is 5.02 Å². The molecule has 0 amide bonds. The van der Waals surface area contributed by atoms with Crippen molar-refractivity contribution in [3.8, 4) is 22.3 Å². The smallest absolute Gasteiger partial charge is 0.311 e. The Balaban J connectivity index is 1.29. The van der Waals surface area contributed by atoms with Crippen molar-refractivity contribution >= 4 is 17.6 Å². The molecule has 0 saturated heterocycles. The van der Waals surface area contributed by atoms with E-state index in [9.17, 15) is 14.9 Å². The molecule has 0 bridgehead atoms. The van der Waals surface area contributed by atoms with Crippen molar-refractivity contribution in [3.05, 3.63) is 81.1 Å². The Morgan fingerprint density at radius 1 is 0.837 bits per heavy atom. The Bertz CT molecular complexity index is 1330. The summed E-state index contributed by atoms with van der Waals surface area (Å²) < 4.78 is 8.13. The quantitative estimate of drug-likeness (QED) is 0.0622. The van der Waals surface area contributed by atoms with E-state index in [2.05, 4.69) is 59.7 Å². The lowest BCUT2D eigenvalue weighted by atomic mass is 9.86.